The summed E-state index contributed by atoms with van der Waals surface area (Å²) in [6.45, 7) is 0. The van der Waals surface area contributed by atoms with E-state index in [2.05, 4.69) is 24.8 Å². The van der Waals surface area contributed by atoms with Gasteiger partial charge in [-0.15, -0.1) is 0 Å². The fourth-order valence-electron chi connectivity index (χ4n) is 3.39. The number of hydrogen-bond donors (Lipinski definition) is 4. The largest absolute Gasteiger partial charge is 0.477 e. The van der Waals surface area contributed by atoms with E-state index in [1.54, 1.807) is 24.4 Å². The van der Waals surface area contributed by atoms with Gasteiger partial charge in [0.15, 0.2) is 5.13 Å². The van der Waals surface area contributed by atoms with E-state index in [4.69, 9.17) is 5.73 Å². The van der Waals surface area contributed by atoms with Gasteiger partial charge >= 0.3 is 5.97 Å². The van der Waals surface area contributed by atoms with Crippen molar-refractivity contribution in [2.75, 3.05) is 5.73 Å². The number of amides is 2. The Morgan fingerprint density at radius 3 is 2.81 bits per heavy atom. The first-order valence-corrected chi connectivity index (χ1v) is 10.5. The molecule has 160 valence electrons. The zero-order valence-corrected chi connectivity index (χ0v) is 17.3. The first-order chi connectivity index (χ1) is 14.9. The minimum Gasteiger partial charge on any atom is -0.477 e. The minimum atomic E-state index is -1.24. The molecule has 2 aliphatic rings. The Morgan fingerprint density at radius 1 is 1.39 bits per heavy atom. The van der Waals surface area contributed by atoms with Crippen LogP contribution in [0.1, 0.15) is 18.7 Å². The number of β-lactam (4-membered cyclic amide) rings is 1. The lowest BCUT2D eigenvalue weighted by molar-refractivity contribution is -0.155. The van der Waals surface area contributed by atoms with Crippen molar-refractivity contribution in [3.8, 4) is 0 Å². The zero-order chi connectivity index (χ0) is 22.1. The van der Waals surface area contributed by atoms with Crippen molar-refractivity contribution >= 4 is 51.9 Å². The maximum Gasteiger partial charge on any atom is 0.353 e. The number of thioether (sulfide) groups is 1. The number of carboxylic acids is 1. The van der Waals surface area contributed by atoms with Crippen LogP contribution in [0.4, 0.5) is 5.13 Å². The predicted molar refractivity (Wildman–Crippen MR) is 109 cm³/mol. The molecule has 0 spiro atoms. The van der Waals surface area contributed by atoms with Crippen molar-refractivity contribution in [3.05, 3.63) is 40.8 Å². The number of rotatable bonds is 6. The molecular weight excluding hydrogens is 446 g/mol. The van der Waals surface area contributed by atoms with Gasteiger partial charge in [0.25, 0.3) is 11.8 Å². The molecule has 1 saturated heterocycles. The molecule has 12 nitrogen and oxygen atoms in total. The Hall–Kier alpha value is -3.52. The maximum atomic E-state index is 12.7. The van der Waals surface area contributed by atoms with Gasteiger partial charge < -0.3 is 21.4 Å². The molecule has 5 N–H and O–H groups in total. The molecule has 1 unspecified atom stereocenters. The number of hydrogen-bond acceptors (Lipinski definition) is 11. The lowest BCUT2D eigenvalue weighted by Crippen LogP contribution is -2.72. The summed E-state index contributed by atoms with van der Waals surface area (Å²) in [5.41, 5.74) is 4.87. The summed E-state index contributed by atoms with van der Waals surface area (Å²) >= 11 is 2.01. The van der Waals surface area contributed by atoms with Crippen molar-refractivity contribution in [3.63, 3.8) is 0 Å². The molecule has 2 aliphatic heterocycles. The Labute approximate surface area is 183 Å². The summed E-state index contributed by atoms with van der Waals surface area (Å²) in [5.74, 6) is -2.85. The molecule has 0 radical (unpaired) electrons. The Kier molecular flexibility index (Phi) is 5.56. The van der Waals surface area contributed by atoms with Crippen LogP contribution >= 0.6 is 23.3 Å². The predicted octanol–water partition coefficient (Wildman–Crippen LogP) is 0.272. The van der Waals surface area contributed by atoms with Crippen LogP contribution in [0, 0.1) is 0 Å². The number of nitrogens with one attached hydrogen (secondary N) is 1. The SMILES string of the molecule is Nc1nc(/C(=N/O)C(=O)N[C@@H]2C(=O)N3C(C(=O)O)=C(Sc4ccccn4)CCC23)ns1. The third-order valence-electron chi connectivity index (χ3n) is 4.72. The topological polar surface area (TPSA) is 184 Å². The van der Waals surface area contributed by atoms with Gasteiger partial charge in [0.1, 0.15) is 16.8 Å². The molecule has 4 heterocycles. The third-order valence-corrected chi connectivity index (χ3v) is 6.35. The number of carbonyl (C=O) groups is 3. The fourth-order valence-corrected chi connectivity index (χ4v) is 4.84. The van der Waals surface area contributed by atoms with Crippen LogP contribution in [0.2, 0.25) is 0 Å². The minimum absolute atomic E-state index is 0.0799. The van der Waals surface area contributed by atoms with Gasteiger partial charge in [-0.25, -0.2) is 9.78 Å². The number of aliphatic carboxylic acids is 1. The number of anilines is 1. The number of aromatic nitrogens is 3. The molecule has 0 bridgehead atoms. The lowest BCUT2D eigenvalue weighted by atomic mass is 9.86. The molecule has 4 rings (SSSR count). The number of fused-ring (bicyclic) bond motifs is 1. The number of nitrogens with two attached hydrogens (primary N) is 1. The second-order valence-corrected chi connectivity index (χ2v) is 8.42. The number of allylic oxidation sites excluding steroid dienone is 1. The molecule has 2 atom stereocenters. The summed E-state index contributed by atoms with van der Waals surface area (Å²) in [7, 11) is 0. The summed E-state index contributed by atoms with van der Waals surface area (Å²) < 4.78 is 3.81. The van der Waals surface area contributed by atoms with Crippen LogP contribution in [0.3, 0.4) is 0 Å². The van der Waals surface area contributed by atoms with Crippen LogP contribution in [-0.2, 0) is 14.4 Å². The first kappa shape index (κ1) is 20.7. The normalized spacial score (nSPS) is 20.8. The van der Waals surface area contributed by atoms with E-state index in [9.17, 15) is 24.7 Å². The highest BCUT2D eigenvalue weighted by Gasteiger charge is 2.53. The quantitative estimate of drug-likeness (QED) is 0.201. The van der Waals surface area contributed by atoms with Crippen molar-refractivity contribution < 1.29 is 24.7 Å². The number of carbonyl (C=O) groups excluding carboxylic acids is 2. The van der Waals surface area contributed by atoms with Crippen molar-refractivity contribution in [1.82, 2.24) is 24.6 Å². The van der Waals surface area contributed by atoms with Crippen molar-refractivity contribution in [2.45, 2.75) is 30.0 Å². The number of nitrogens with zero attached hydrogens (tertiary/aromatic N) is 5. The van der Waals surface area contributed by atoms with Gasteiger partial charge in [-0.2, -0.15) is 9.36 Å². The number of nitrogen functional groups attached to an aromatic ring is 1. The van der Waals surface area contributed by atoms with Crippen LogP contribution in [0.15, 0.2) is 45.2 Å². The van der Waals surface area contributed by atoms with Crippen molar-refractivity contribution in [2.24, 2.45) is 5.16 Å². The van der Waals surface area contributed by atoms with Crippen LogP contribution in [0.5, 0.6) is 0 Å². The standard InChI is InChI=1S/C17H15N7O5S2/c18-17-21-13(23-31-17)11(22-29)14(25)20-10-7-4-5-8(30-9-3-1-2-6-19-9)12(16(27)28)24(7)15(10)26/h1-3,6-7,10,29H,4-5H2,(H,20,25)(H,27,28)(H2,18,21,23)/b22-11-/t7?,10-/m0/s1. The Bertz CT molecular complexity index is 1120. The van der Waals surface area contributed by atoms with Crippen LogP contribution < -0.4 is 11.1 Å². The summed E-state index contributed by atoms with van der Waals surface area (Å²) in [5, 5.41) is 25.0. The van der Waals surface area contributed by atoms with Crippen LogP contribution in [-0.4, -0.2) is 65.1 Å². The highest BCUT2D eigenvalue weighted by molar-refractivity contribution is 8.03. The maximum absolute atomic E-state index is 12.7. The van der Waals surface area contributed by atoms with Gasteiger partial charge in [0.2, 0.25) is 11.5 Å². The molecular formula is C17H15N7O5S2. The zero-order valence-electron chi connectivity index (χ0n) is 15.6. The lowest BCUT2D eigenvalue weighted by Gasteiger charge is -2.50. The monoisotopic (exact) mass is 461 g/mol. The van der Waals surface area contributed by atoms with E-state index in [1.807, 2.05) is 0 Å². The van der Waals surface area contributed by atoms with E-state index >= 15 is 0 Å². The Morgan fingerprint density at radius 2 is 2.19 bits per heavy atom. The molecule has 0 aromatic carbocycles. The van der Waals surface area contributed by atoms with Gasteiger partial charge in [0.05, 0.1) is 6.04 Å². The molecule has 31 heavy (non-hydrogen) atoms. The van der Waals surface area contributed by atoms with E-state index < -0.39 is 35.6 Å². The van der Waals surface area contributed by atoms with E-state index in [0.29, 0.717) is 22.8 Å². The molecule has 1 fully saturated rings. The van der Waals surface area contributed by atoms with Gasteiger partial charge in [-0.3, -0.25) is 14.5 Å². The van der Waals surface area contributed by atoms with Gasteiger partial charge in [-0.1, -0.05) is 23.0 Å². The second kappa shape index (κ2) is 8.31. The van der Waals surface area contributed by atoms with Gasteiger partial charge in [0, 0.05) is 22.6 Å². The summed E-state index contributed by atoms with van der Waals surface area (Å²) in [4.78, 5) is 46.8. The van der Waals surface area contributed by atoms with E-state index in [0.717, 1.165) is 11.5 Å². The molecule has 14 heteroatoms. The smallest absolute Gasteiger partial charge is 0.353 e. The number of carboxylic acid groups (broad SMARTS) is 1. The molecule has 2 aromatic heterocycles. The molecule has 0 aliphatic carbocycles. The number of pyridine rings is 1. The van der Waals surface area contributed by atoms with Gasteiger partial charge in [-0.05, 0) is 25.0 Å². The van der Waals surface area contributed by atoms with E-state index in [-0.39, 0.29) is 16.7 Å². The molecule has 0 saturated carbocycles. The molecule has 2 amide bonds. The highest BCUT2D eigenvalue weighted by Crippen LogP contribution is 2.42. The molecule has 2 aromatic rings. The number of oxime groups is 1. The fraction of sp³-hybridized carbons (Fsp3) is 0.235. The average Bonchev–Trinajstić information content (AvgIpc) is 3.18. The van der Waals surface area contributed by atoms with Crippen molar-refractivity contribution in [1.29, 1.82) is 0 Å². The highest BCUT2D eigenvalue weighted by atomic mass is 32.2. The van der Waals surface area contributed by atoms with E-state index in [1.165, 1.54) is 16.7 Å². The third kappa shape index (κ3) is 3.82. The van der Waals surface area contributed by atoms with Crippen LogP contribution in [0.25, 0.3) is 0 Å². The Balaban J connectivity index is 1.52. The average molecular weight is 461 g/mol. The second-order valence-electron chi connectivity index (χ2n) is 6.52. The summed E-state index contributed by atoms with van der Waals surface area (Å²) in [6, 6.07) is 3.78. The first-order valence-electron chi connectivity index (χ1n) is 8.91. The summed E-state index contributed by atoms with van der Waals surface area (Å²) in [6.07, 6.45) is 2.44.